The molecule has 0 radical (unpaired) electrons. The Labute approximate surface area is 206 Å². The van der Waals surface area contributed by atoms with E-state index in [0.717, 1.165) is 42.7 Å². The van der Waals surface area contributed by atoms with E-state index in [-0.39, 0.29) is 17.9 Å². The summed E-state index contributed by atoms with van der Waals surface area (Å²) in [5.74, 6) is -0.329. The van der Waals surface area contributed by atoms with E-state index >= 15 is 0 Å². The van der Waals surface area contributed by atoms with Crippen LogP contribution >= 0.6 is 11.3 Å². The number of aromatic nitrogens is 1. The van der Waals surface area contributed by atoms with Gasteiger partial charge < -0.3 is 5.32 Å². The van der Waals surface area contributed by atoms with Gasteiger partial charge in [-0.15, -0.1) is 11.3 Å². The first-order valence-corrected chi connectivity index (χ1v) is 13.0. The first kappa shape index (κ1) is 24.1. The second kappa shape index (κ2) is 11.0. The summed E-state index contributed by atoms with van der Waals surface area (Å²) in [5.41, 5.74) is 3.38. The Morgan fingerprint density at radius 3 is 2.29 bits per heavy atom. The van der Waals surface area contributed by atoms with Crippen LogP contribution in [0.25, 0.3) is 0 Å². The van der Waals surface area contributed by atoms with Crippen LogP contribution in [0.15, 0.2) is 54.6 Å². The van der Waals surface area contributed by atoms with Crippen LogP contribution in [0.4, 0.5) is 5.69 Å². The predicted molar refractivity (Wildman–Crippen MR) is 138 cm³/mol. The summed E-state index contributed by atoms with van der Waals surface area (Å²) in [6.07, 6.45) is 6.35. The molecule has 0 aliphatic heterocycles. The number of benzene rings is 2. The molecule has 1 heterocycles. The first-order valence-electron chi connectivity index (χ1n) is 12.2. The van der Waals surface area contributed by atoms with Crippen LogP contribution < -0.4 is 10.2 Å². The SMILES string of the molecule is CCc1ccc(N(C(=O)c2sc(C)nc2C)C(C(=O)NC2CCCCC2)c2ccccc2)cc1. The molecule has 1 saturated carbocycles. The minimum atomic E-state index is -0.773. The molecule has 0 bridgehead atoms. The maximum atomic E-state index is 14.1. The van der Waals surface area contributed by atoms with Crippen molar-refractivity contribution in [1.82, 2.24) is 10.3 Å². The van der Waals surface area contributed by atoms with Gasteiger partial charge >= 0.3 is 0 Å². The number of carbonyl (C=O) groups excluding carboxylic acids is 2. The molecule has 1 unspecified atom stereocenters. The van der Waals surface area contributed by atoms with E-state index in [2.05, 4.69) is 17.2 Å². The summed E-state index contributed by atoms with van der Waals surface area (Å²) in [7, 11) is 0. The molecule has 0 saturated heterocycles. The number of thiazole rings is 1. The van der Waals surface area contributed by atoms with E-state index in [9.17, 15) is 9.59 Å². The molecule has 1 aliphatic carbocycles. The van der Waals surface area contributed by atoms with Crippen LogP contribution in [-0.2, 0) is 11.2 Å². The van der Waals surface area contributed by atoms with Crippen LogP contribution in [0.3, 0.4) is 0 Å². The summed E-state index contributed by atoms with van der Waals surface area (Å²) >= 11 is 1.38. The summed E-state index contributed by atoms with van der Waals surface area (Å²) in [5, 5.41) is 4.11. The molecule has 34 heavy (non-hydrogen) atoms. The van der Waals surface area contributed by atoms with Crippen LogP contribution in [0.2, 0.25) is 0 Å². The molecule has 1 aliphatic rings. The molecule has 1 aromatic heterocycles. The molecular formula is C28H33N3O2S. The number of hydrogen-bond donors (Lipinski definition) is 1. The molecule has 2 amide bonds. The molecule has 178 valence electrons. The zero-order valence-corrected chi connectivity index (χ0v) is 21.0. The van der Waals surface area contributed by atoms with Crippen LogP contribution in [0.5, 0.6) is 0 Å². The van der Waals surface area contributed by atoms with E-state index < -0.39 is 6.04 Å². The fraction of sp³-hybridized carbons (Fsp3) is 0.393. The van der Waals surface area contributed by atoms with Gasteiger partial charge in [0.05, 0.1) is 10.7 Å². The molecular weight excluding hydrogens is 442 g/mol. The van der Waals surface area contributed by atoms with E-state index in [4.69, 9.17) is 0 Å². The molecule has 1 atom stereocenters. The predicted octanol–water partition coefficient (Wildman–Crippen LogP) is 6.16. The van der Waals surface area contributed by atoms with Gasteiger partial charge in [-0.2, -0.15) is 0 Å². The number of hydrogen-bond acceptors (Lipinski definition) is 4. The molecule has 1 N–H and O–H groups in total. The van der Waals surface area contributed by atoms with Gasteiger partial charge in [-0.25, -0.2) is 4.98 Å². The zero-order valence-electron chi connectivity index (χ0n) is 20.2. The van der Waals surface area contributed by atoms with Crippen LogP contribution in [0.1, 0.15) is 76.6 Å². The third-order valence-electron chi connectivity index (χ3n) is 6.51. The van der Waals surface area contributed by atoms with Gasteiger partial charge in [0.1, 0.15) is 10.9 Å². The Kier molecular flexibility index (Phi) is 7.78. The van der Waals surface area contributed by atoms with Gasteiger partial charge in [0.2, 0.25) is 5.91 Å². The van der Waals surface area contributed by atoms with Gasteiger partial charge in [0.25, 0.3) is 5.91 Å². The highest BCUT2D eigenvalue weighted by atomic mass is 32.1. The van der Waals surface area contributed by atoms with Gasteiger partial charge in [-0.3, -0.25) is 14.5 Å². The highest BCUT2D eigenvalue weighted by Gasteiger charge is 2.35. The number of nitrogens with zero attached hydrogens (tertiary/aromatic N) is 2. The number of carbonyl (C=O) groups is 2. The molecule has 0 spiro atoms. The Morgan fingerprint density at radius 1 is 1.03 bits per heavy atom. The number of anilines is 1. The second-order valence-corrected chi connectivity index (χ2v) is 10.2. The lowest BCUT2D eigenvalue weighted by Crippen LogP contribution is -2.47. The standard InChI is InChI=1S/C28H33N3O2S/c1-4-21-15-17-24(18-16-21)31(28(33)26-19(2)29-20(3)34-26)25(22-11-7-5-8-12-22)27(32)30-23-13-9-6-10-14-23/h5,7-8,11-12,15-18,23,25H,4,6,9-10,13-14H2,1-3H3,(H,30,32). The largest absolute Gasteiger partial charge is 0.351 e. The lowest BCUT2D eigenvalue weighted by Gasteiger charge is -2.33. The van der Waals surface area contributed by atoms with E-state index in [1.807, 2.05) is 68.4 Å². The third-order valence-corrected chi connectivity index (χ3v) is 7.57. The topological polar surface area (TPSA) is 62.3 Å². The Morgan fingerprint density at radius 2 is 1.71 bits per heavy atom. The maximum Gasteiger partial charge on any atom is 0.271 e. The molecule has 5 nitrogen and oxygen atoms in total. The van der Waals surface area contributed by atoms with Gasteiger partial charge in [-0.05, 0) is 56.4 Å². The van der Waals surface area contributed by atoms with Crippen molar-refractivity contribution in [2.75, 3.05) is 4.90 Å². The van der Waals surface area contributed by atoms with Crippen molar-refractivity contribution >= 4 is 28.8 Å². The second-order valence-electron chi connectivity index (χ2n) is 9.00. The molecule has 3 aromatic rings. The maximum absolute atomic E-state index is 14.1. The average Bonchev–Trinajstić information content (AvgIpc) is 3.21. The zero-order chi connectivity index (χ0) is 24.1. The number of aryl methyl sites for hydroxylation is 3. The minimum absolute atomic E-state index is 0.134. The Balaban J connectivity index is 1.80. The quantitative estimate of drug-likeness (QED) is 0.445. The van der Waals surface area contributed by atoms with Crippen molar-refractivity contribution in [3.63, 3.8) is 0 Å². The van der Waals surface area contributed by atoms with Gasteiger partial charge in [0.15, 0.2) is 0 Å². The van der Waals surface area contributed by atoms with Crippen molar-refractivity contribution in [2.24, 2.45) is 0 Å². The van der Waals surface area contributed by atoms with Crippen LogP contribution in [-0.4, -0.2) is 22.8 Å². The third kappa shape index (κ3) is 5.39. The monoisotopic (exact) mass is 475 g/mol. The fourth-order valence-electron chi connectivity index (χ4n) is 4.70. The van der Waals surface area contributed by atoms with Gasteiger partial charge in [-0.1, -0.05) is 68.7 Å². The van der Waals surface area contributed by atoms with Crippen molar-refractivity contribution in [3.05, 3.63) is 81.3 Å². The summed E-state index contributed by atoms with van der Waals surface area (Å²) in [4.78, 5) is 34.6. The van der Waals surface area contributed by atoms with Crippen LogP contribution in [0, 0.1) is 13.8 Å². The van der Waals surface area contributed by atoms with Gasteiger partial charge in [0, 0.05) is 11.7 Å². The lowest BCUT2D eigenvalue weighted by atomic mass is 9.94. The van der Waals surface area contributed by atoms with E-state index in [1.54, 1.807) is 4.90 Å². The fourth-order valence-corrected chi connectivity index (χ4v) is 5.55. The van der Waals surface area contributed by atoms with E-state index in [1.165, 1.54) is 23.3 Å². The normalized spacial score (nSPS) is 15.0. The summed E-state index contributed by atoms with van der Waals surface area (Å²) < 4.78 is 0. The van der Waals surface area contributed by atoms with Crippen molar-refractivity contribution in [1.29, 1.82) is 0 Å². The summed E-state index contributed by atoms with van der Waals surface area (Å²) in [6.45, 7) is 5.86. The number of nitrogens with one attached hydrogen (secondary N) is 1. The smallest absolute Gasteiger partial charge is 0.271 e. The Hall–Kier alpha value is -2.99. The number of amides is 2. The highest BCUT2D eigenvalue weighted by molar-refractivity contribution is 7.13. The lowest BCUT2D eigenvalue weighted by molar-refractivity contribution is -0.123. The van der Waals surface area contributed by atoms with Crippen molar-refractivity contribution < 1.29 is 9.59 Å². The molecule has 1 fully saturated rings. The number of rotatable bonds is 7. The highest BCUT2D eigenvalue weighted by Crippen LogP contribution is 2.33. The first-order chi connectivity index (χ1) is 16.5. The summed E-state index contributed by atoms with van der Waals surface area (Å²) in [6, 6.07) is 17.0. The van der Waals surface area contributed by atoms with Crippen molar-refractivity contribution in [2.45, 2.75) is 71.4 Å². The average molecular weight is 476 g/mol. The van der Waals surface area contributed by atoms with Crippen molar-refractivity contribution in [3.8, 4) is 0 Å². The molecule has 6 heteroatoms. The van der Waals surface area contributed by atoms with E-state index in [0.29, 0.717) is 16.3 Å². The minimum Gasteiger partial charge on any atom is -0.351 e. The molecule has 4 rings (SSSR count). The molecule has 2 aromatic carbocycles. The Bertz CT molecular complexity index is 1120.